The van der Waals surface area contributed by atoms with Gasteiger partial charge < -0.3 is 14.4 Å². The quantitative estimate of drug-likeness (QED) is 0.851. The van der Waals surface area contributed by atoms with Gasteiger partial charge in [-0.25, -0.2) is 9.97 Å². The Labute approximate surface area is 149 Å². The van der Waals surface area contributed by atoms with Crippen LogP contribution < -0.4 is 4.90 Å². The zero-order valence-corrected chi connectivity index (χ0v) is 15.6. The average molecular weight is 342 g/mol. The van der Waals surface area contributed by atoms with E-state index in [2.05, 4.69) is 35.6 Å². The Kier molecular flexibility index (Phi) is 5.01. The molecule has 6 heteroatoms. The maximum absolute atomic E-state index is 6.13. The first-order chi connectivity index (χ1) is 11.9. The van der Waals surface area contributed by atoms with Gasteiger partial charge in [0.2, 0.25) is 0 Å². The molecule has 0 saturated carbocycles. The molecular weight excluding hydrogens is 316 g/mol. The smallest absolute Gasteiger partial charge is 0.163 e. The molecule has 0 aliphatic carbocycles. The molecule has 0 aromatic carbocycles. The number of pyridine rings is 1. The molecule has 25 heavy (non-hydrogen) atoms. The lowest BCUT2D eigenvalue weighted by Crippen LogP contribution is -2.54. The molecule has 1 atom stereocenters. The van der Waals surface area contributed by atoms with Crippen LogP contribution in [0.4, 0.5) is 5.82 Å². The van der Waals surface area contributed by atoms with Crippen LogP contribution in [-0.2, 0) is 9.47 Å². The van der Waals surface area contributed by atoms with Gasteiger partial charge in [-0.15, -0.1) is 0 Å². The highest BCUT2D eigenvalue weighted by Crippen LogP contribution is 2.29. The molecule has 3 heterocycles. The summed E-state index contributed by atoms with van der Waals surface area (Å²) in [6, 6.07) is 3.89. The third-order valence-corrected chi connectivity index (χ3v) is 4.42. The Balaban J connectivity index is 1.99. The first-order valence-electron chi connectivity index (χ1n) is 8.57. The minimum absolute atomic E-state index is 0.0188. The normalized spacial score (nSPS) is 19.9. The van der Waals surface area contributed by atoms with Crippen molar-refractivity contribution < 1.29 is 9.47 Å². The van der Waals surface area contributed by atoms with E-state index in [1.54, 1.807) is 19.5 Å². The van der Waals surface area contributed by atoms with Gasteiger partial charge in [0.05, 0.1) is 18.3 Å². The van der Waals surface area contributed by atoms with E-state index in [4.69, 9.17) is 14.5 Å². The van der Waals surface area contributed by atoms with E-state index in [1.807, 2.05) is 19.1 Å². The van der Waals surface area contributed by atoms with Crippen molar-refractivity contribution in [2.45, 2.75) is 39.4 Å². The summed E-state index contributed by atoms with van der Waals surface area (Å²) in [5, 5.41) is 0. The zero-order chi connectivity index (χ0) is 18.0. The molecule has 1 saturated heterocycles. The molecule has 2 aromatic heterocycles. The number of rotatable bonds is 4. The monoisotopic (exact) mass is 342 g/mol. The lowest BCUT2D eigenvalue weighted by Gasteiger charge is -2.43. The molecule has 6 nitrogen and oxygen atoms in total. The number of aromatic nitrogens is 3. The lowest BCUT2D eigenvalue weighted by molar-refractivity contribution is -0.106. The number of aryl methyl sites for hydroxylation is 1. The minimum Gasteiger partial charge on any atom is -0.382 e. The molecule has 1 aliphatic rings. The molecule has 0 amide bonds. The van der Waals surface area contributed by atoms with Crippen molar-refractivity contribution >= 4 is 5.82 Å². The van der Waals surface area contributed by atoms with E-state index < -0.39 is 0 Å². The van der Waals surface area contributed by atoms with Crippen LogP contribution in [-0.4, -0.2) is 53.5 Å². The van der Waals surface area contributed by atoms with Gasteiger partial charge in [-0.3, -0.25) is 4.98 Å². The van der Waals surface area contributed by atoms with Crippen LogP contribution in [0.1, 0.15) is 25.1 Å². The van der Waals surface area contributed by atoms with E-state index in [9.17, 15) is 0 Å². The summed E-state index contributed by atoms with van der Waals surface area (Å²) in [4.78, 5) is 16.0. The van der Waals surface area contributed by atoms with Crippen molar-refractivity contribution in [1.29, 1.82) is 0 Å². The van der Waals surface area contributed by atoms with Crippen molar-refractivity contribution in [3.8, 4) is 11.4 Å². The van der Waals surface area contributed by atoms with E-state index in [0.717, 1.165) is 35.7 Å². The Morgan fingerprint density at radius 1 is 1.32 bits per heavy atom. The van der Waals surface area contributed by atoms with E-state index in [1.165, 1.54) is 0 Å². The Bertz CT molecular complexity index is 734. The second-order valence-corrected chi connectivity index (χ2v) is 7.16. The van der Waals surface area contributed by atoms with Gasteiger partial charge in [0.15, 0.2) is 5.82 Å². The first kappa shape index (κ1) is 17.8. The van der Waals surface area contributed by atoms with Crippen LogP contribution in [0.15, 0.2) is 24.5 Å². The van der Waals surface area contributed by atoms with Crippen LogP contribution in [0, 0.1) is 13.8 Å². The predicted octanol–water partition coefficient (Wildman–Crippen LogP) is 2.79. The number of hydrogen-bond donors (Lipinski definition) is 0. The molecule has 1 aliphatic heterocycles. The average Bonchev–Trinajstić information content (AvgIpc) is 2.57. The number of hydrogen-bond acceptors (Lipinski definition) is 6. The number of anilines is 1. The molecule has 1 fully saturated rings. The maximum Gasteiger partial charge on any atom is 0.163 e. The molecule has 1 unspecified atom stereocenters. The second-order valence-electron chi connectivity index (χ2n) is 7.16. The van der Waals surface area contributed by atoms with Gasteiger partial charge in [0, 0.05) is 49.4 Å². The number of methoxy groups -OCH3 is 1. The van der Waals surface area contributed by atoms with Gasteiger partial charge in [-0.05, 0) is 39.8 Å². The molecule has 0 spiro atoms. The number of ether oxygens (including phenoxy) is 2. The molecule has 3 rings (SSSR count). The Hall–Kier alpha value is -2.05. The standard InChI is InChI=1S/C19H26N4O2/c1-13-14(2)21-17(15-7-6-8-20-9-15)22-18(13)23-10-16(11-24-5)25-19(3,4)12-23/h6-9,16H,10-12H2,1-5H3. The van der Waals surface area contributed by atoms with Gasteiger partial charge in [-0.1, -0.05) is 0 Å². The number of morpholine rings is 1. The summed E-state index contributed by atoms with van der Waals surface area (Å²) in [6.07, 6.45) is 3.57. The largest absolute Gasteiger partial charge is 0.382 e. The highest BCUT2D eigenvalue weighted by Gasteiger charge is 2.35. The first-order valence-corrected chi connectivity index (χ1v) is 8.57. The van der Waals surface area contributed by atoms with Crippen LogP contribution in [0.25, 0.3) is 11.4 Å². The topological polar surface area (TPSA) is 60.4 Å². The van der Waals surface area contributed by atoms with Crippen LogP contribution >= 0.6 is 0 Å². The molecular formula is C19H26N4O2. The molecule has 2 aromatic rings. The van der Waals surface area contributed by atoms with Crippen molar-refractivity contribution in [3.05, 3.63) is 35.8 Å². The van der Waals surface area contributed by atoms with Gasteiger partial charge in [-0.2, -0.15) is 0 Å². The number of nitrogens with zero attached hydrogens (tertiary/aromatic N) is 4. The highest BCUT2D eigenvalue weighted by molar-refractivity contribution is 5.59. The van der Waals surface area contributed by atoms with Crippen molar-refractivity contribution in [1.82, 2.24) is 15.0 Å². The van der Waals surface area contributed by atoms with Crippen LogP contribution in [0.5, 0.6) is 0 Å². The predicted molar refractivity (Wildman–Crippen MR) is 97.8 cm³/mol. The fraction of sp³-hybridized carbons (Fsp3) is 0.526. The SMILES string of the molecule is COCC1CN(c2nc(-c3cccnc3)nc(C)c2C)CC(C)(C)O1. The fourth-order valence-electron chi connectivity index (χ4n) is 3.28. The molecule has 0 N–H and O–H groups in total. The summed E-state index contributed by atoms with van der Waals surface area (Å²) in [7, 11) is 1.70. The van der Waals surface area contributed by atoms with E-state index in [-0.39, 0.29) is 11.7 Å². The zero-order valence-electron chi connectivity index (χ0n) is 15.6. The van der Waals surface area contributed by atoms with Crippen molar-refractivity contribution in [2.75, 3.05) is 31.7 Å². The summed E-state index contributed by atoms with van der Waals surface area (Å²) in [5.74, 6) is 1.67. The van der Waals surface area contributed by atoms with Crippen LogP contribution in [0.3, 0.4) is 0 Å². The highest BCUT2D eigenvalue weighted by atomic mass is 16.5. The van der Waals surface area contributed by atoms with Gasteiger partial charge in [0.25, 0.3) is 0 Å². The maximum atomic E-state index is 6.13. The van der Waals surface area contributed by atoms with Gasteiger partial charge in [0.1, 0.15) is 5.82 Å². The second kappa shape index (κ2) is 7.06. The molecule has 0 bridgehead atoms. The summed E-state index contributed by atoms with van der Waals surface area (Å²) < 4.78 is 11.4. The Morgan fingerprint density at radius 2 is 2.12 bits per heavy atom. The van der Waals surface area contributed by atoms with Crippen molar-refractivity contribution in [3.63, 3.8) is 0 Å². The Morgan fingerprint density at radius 3 is 2.80 bits per heavy atom. The lowest BCUT2D eigenvalue weighted by atomic mass is 10.0. The molecule has 134 valence electrons. The fourth-order valence-corrected chi connectivity index (χ4v) is 3.28. The van der Waals surface area contributed by atoms with Gasteiger partial charge >= 0.3 is 0 Å². The minimum atomic E-state index is -0.263. The third kappa shape index (κ3) is 3.96. The third-order valence-electron chi connectivity index (χ3n) is 4.42. The summed E-state index contributed by atoms with van der Waals surface area (Å²) in [6.45, 7) is 10.4. The molecule has 0 radical (unpaired) electrons. The summed E-state index contributed by atoms with van der Waals surface area (Å²) >= 11 is 0. The van der Waals surface area contributed by atoms with Crippen LogP contribution in [0.2, 0.25) is 0 Å². The summed E-state index contributed by atoms with van der Waals surface area (Å²) in [5.41, 5.74) is 2.74. The van der Waals surface area contributed by atoms with E-state index in [0.29, 0.717) is 12.4 Å². The van der Waals surface area contributed by atoms with Crippen molar-refractivity contribution in [2.24, 2.45) is 0 Å². The van der Waals surface area contributed by atoms with E-state index >= 15 is 0 Å².